The van der Waals surface area contributed by atoms with Crippen molar-refractivity contribution in [1.82, 2.24) is 4.98 Å². The molecule has 0 saturated heterocycles. The summed E-state index contributed by atoms with van der Waals surface area (Å²) in [5, 5.41) is 2.57. The number of benzene rings is 2. The van der Waals surface area contributed by atoms with Gasteiger partial charge in [0.2, 0.25) is 5.88 Å². The van der Waals surface area contributed by atoms with Crippen molar-refractivity contribution in [1.29, 1.82) is 0 Å². The van der Waals surface area contributed by atoms with Crippen molar-refractivity contribution in [3.05, 3.63) is 78.2 Å². The van der Waals surface area contributed by atoms with Crippen LogP contribution in [-0.2, 0) is 6.54 Å². The van der Waals surface area contributed by atoms with Crippen LogP contribution in [0, 0.1) is 5.82 Å². The minimum absolute atomic E-state index is 0. The van der Waals surface area contributed by atoms with Gasteiger partial charge in [-0.25, -0.2) is 14.4 Å². The van der Waals surface area contributed by atoms with Crippen LogP contribution >= 0.6 is 24.0 Å². The molecule has 0 atom stereocenters. The molecule has 1 aromatic heterocycles. The molecule has 0 radical (unpaired) electrons. The van der Waals surface area contributed by atoms with E-state index in [1.807, 2.05) is 0 Å². The highest BCUT2D eigenvalue weighted by atomic mass is 127. The van der Waals surface area contributed by atoms with Crippen LogP contribution in [0.25, 0.3) is 0 Å². The average Bonchev–Trinajstić information content (AvgIpc) is 2.68. The van der Waals surface area contributed by atoms with Gasteiger partial charge >= 0.3 is 6.36 Å². The van der Waals surface area contributed by atoms with Crippen LogP contribution in [0.15, 0.2) is 71.9 Å². The van der Waals surface area contributed by atoms with Crippen LogP contribution in [0.1, 0.15) is 5.56 Å². The lowest BCUT2D eigenvalue weighted by atomic mass is 10.2. The molecule has 0 aliphatic heterocycles. The molecule has 0 bridgehead atoms. The molecule has 0 spiro atoms. The van der Waals surface area contributed by atoms with Gasteiger partial charge in [0.15, 0.2) is 11.7 Å². The fourth-order valence-corrected chi connectivity index (χ4v) is 2.41. The minimum atomic E-state index is -4.84. The number of alkyl halides is 3. The Hall–Kier alpha value is -3.09. The third kappa shape index (κ3) is 7.59. The molecular weight excluding hydrogens is 531 g/mol. The van der Waals surface area contributed by atoms with Crippen molar-refractivity contribution >= 4 is 35.6 Å². The van der Waals surface area contributed by atoms with Crippen molar-refractivity contribution < 1.29 is 27.0 Å². The van der Waals surface area contributed by atoms with Gasteiger partial charge in [-0.05, 0) is 30.3 Å². The second-order valence-electron chi connectivity index (χ2n) is 5.90. The maximum Gasteiger partial charge on any atom is 0.573 e. The highest BCUT2D eigenvalue weighted by Gasteiger charge is 2.32. The van der Waals surface area contributed by atoms with Gasteiger partial charge in [0.25, 0.3) is 0 Å². The summed E-state index contributed by atoms with van der Waals surface area (Å²) in [6.07, 6.45) is -3.35. The van der Waals surface area contributed by atoms with E-state index in [9.17, 15) is 17.6 Å². The summed E-state index contributed by atoms with van der Waals surface area (Å²) in [5.74, 6) is -0.603. The van der Waals surface area contributed by atoms with E-state index in [1.165, 1.54) is 42.6 Å². The van der Waals surface area contributed by atoms with Crippen LogP contribution in [-0.4, -0.2) is 17.3 Å². The predicted octanol–water partition coefficient (Wildman–Crippen LogP) is 5.46. The molecule has 3 aromatic rings. The number of hydrogen-bond donors (Lipinski definition) is 2. The Morgan fingerprint density at radius 2 is 1.84 bits per heavy atom. The standard InChI is InChI=1S/C20H16F4N4O2.HI/c21-14-6-3-7-15(11-14)29-18-13(5-4-10-26-18)12-27-19(25)28-16-8-1-2-9-17(16)30-20(22,23)24;/h1-11H,12H2,(H3,25,27,28);1H. The number of nitrogens with zero attached hydrogens (tertiary/aromatic N) is 2. The molecule has 0 amide bonds. The smallest absolute Gasteiger partial charge is 0.439 e. The van der Waals surface area contributed by atoms with Gasteiger partial charge in [0.1, 0.15) is 11.6 Å². The fourth-order valence-electron chi connectivity index (χ4n) is 2.41. The van der Waals surface area contributed by atoms with E-state index in [0.717, 1.165) is 6.07 Å². The lowest BCUT2D eigenvalue weighted by Crippen LogP contribution is -2.24. The quantitative estimate of drug-likeness (QED) is 0.185. The third-order valence-electron chi connectivity index (χ3n) is 3.66. The van der Waals surface area contributed by atoms with Gasteiger partial charge < -0.3 is 20.5 Å². The van der Waals surface area contributed by atoms with Crippen molar-refractivity contribution in [2.45, 2.75) is 12.9 Å². The minimum Gasteiger partial charge on any atom is -0.439 e. The summed E-state index contributed by atoms with van der Waals surface area (Å²) in [5.41, 5.74) is 6.33. The van der Waals surface area contributed by atoms with E-state index < -0.39 is 17.9 Å². The van der Waals surface area contributed by atoms with E-state index in [0.29, 0.717) is 5.56 Å². The normalized spacial score (nSPS) is 11.4. The molecule has 31 heavy (non-hydrogen) atoms. The van der Waals surface area contributed by atoms with Crippen LogP contribution < -0.4 is 20.5 Å². The first-order chi connectivity index (χ1) is 14.3. The molecule has 164 valence electrons. The largest absolute Gasteiger partial charge is 0.573 e. The maximum absolute atomic E-state index is 13.3. The van der Waals surface area contributed by atoms with Gasteiger partial charge in [0, 0.05) is 17.8 Å². The number of ether oxygens (including phenoxy) is 2. The average molecular weight is 548 g/mol. The molecule has 1 heterocycles. The molecule has 0 saturated carbocycles. The number of rotatable bonds is 6. The summed E-state index contributed by atoms with van der Waals surface area (Å²) in [7, 11) is 0. The van der Waals surface area contributed by atoms with Crippen molar-refractivity contribution in [3.8, 4) is 17.4 Å². The fraction of sp³-hybridized carbons (Fsp3) is 0.100. The van der Waals surface area contributed by atoms with Gasteiger partial charge in [-0.1, -0.05) is 24.3 Å². The Kier molecular flexibility index (Phi) is 8.42. The maximum atomic E-state index is 13.3. The molecule has 0 unspecified atom stereocenters. The number of nitrogens with one attached hydrogen (secondary N) is 1. The zero-order valence-electron chi connectivity index (χ0n) is 15.8. The molecule has 3 N–H and O–H groups in total. The lowest BCUT2D eigenvalue weighted by Gasteiger charge is -2.14. The van der Waals surface area contributed by atoms with Crippen LogP contribution in [0.2, 0.25) is 0 Å². The topological polar surface area (TPSA) is 81.8 Å². The Labute approximate surface area is 192 Å². The zero-order chi connectivity index (χ0) is 21.6. The van der Waals surface area contributed by atoms with Gasteiger partial charge in [-0.15, -0.1) is 37.1 Å². The highest BCUT2D eigenvalue weighted by Crippen LogP contribution is 2.30. The highest BCUT2D eigenvalue weighted by molar-refractivity contribution is 14.0. The van der Waals surface area contributed by atoms with E-state index in [2.05, 4.69) is 20.0 Å². The molecule has 6 nitrogen and oxygen atoms in total. The number of aromatic nitrogens is 1. The summed E-state index contributed by atoms with van der Waals surface area (Å²) >= 11 is 0. The molecule has 0 aliphatic rings. The predicted molar refractivity (Wildman–Crippen MR) is 118 cm³/mol. The Morgan fingerprint density at radius 1 is 1.06 bits per heavy atom. The van der Waals surface area contributed by atoms with Gasteiger partial charge in [-0.2, -0.15) is 0 Å². The molecule has 0 fully saturated rings. The zero-order valence-corrected chi connectivity index (χ0v) is 18.1. The summed E-state index contributed by atoms with van der Waals surface area (Å²) in [6, 6.07) is 14.3. The first kappa shape index (κ1) is 24.2. The third-order valence-corrected chi connectivity index (χ3v) is 3.66. The number of hydrogen-bond acceptors (Lipinski definition) is 4. The second-order valence-corrected chi connectivity index (χ2v) is 5.90. The molecular formula is C20H17F4IN4O2. The van der Waals surface area contributed by atoms with Crippen LogP contribution in [0.4, 0.5) is 23.2 Å². The number of nitrogens with two attached hydrogens (primary N) is 1. The van der Waals surface area contributed by atoms with E-state index in [1.54, 1.807) is 18.2 Å². The number of pyridine rings is 1. The van der Waals surface area contributed by atoms with Crippen LogP contribution in [0.3, 0.4) is 0 Å². The first-order valence-electron chi connectivity index (χ1n) is 8.59. The number of anilines is 1. The number of para-hydroxylation sites is 2. The Bertz CT molecular complexity index is 1050. The van der Waals surface area contributed by atoms with Gasteiger partial charge in [0.05, 0.1) is 12.2 Å². The SMILES string of the molecule is I.NC(=NCc1cccnc1Oc1cccc(F)c1)Nc1ccccc1OC(F)(F)F. The number of aliphatic imine (C=N–C) groups is 1. The van der Waals surface area contributed by atoms with Crippen LogP contribution in [0.5, 0.6) is 17.4 Å². The second kappa shape index (κ2) is 10.8. The van der Waals surface area contributed by atoms with E-state index >= 15 is 0 Å². The van der Waals surface area contributed by atoms with Gasteiger partial charge in [-0.3, -0.25) is 0 Å². The summed E-state index contributed by atoms with van der Waals surface area (Å²) < 4.78 is 60.4. The lowest BCUT2D eigenvalue weighted by molar-refractivity contribution is -0.274. The summed E-state index contributed by atoms with van der Waals surface area (Å²) in [6.45, 7) is 0.0135. The Morgan fingerprint density at radius 3 is 2.58 bits per heavy atom. The molecule has 2 aromatic carbocycles. The molecule has 11 heteroatoms. The van der Waals surface area contributed by atoms with E-state index in [4.69, 9.17) is 10.5 Å². The van der Waals surface area contributed by atoms with Crippen molar-refractivity contribution in [2.24, 2.45) is 10.7 Å². The number of guanidine groups is 1. The monoisotopic (exact) mass is 548 g/mol. The van der Waals surface area contributed by atoms with Crippen molar-refractivity contribution in [2.75, 3.05) is 5.32 Å². The number of halogens is 5. The molecule has 0 aliphatic carbocycles. The molecule has 3 rings (SSSR count). The van der Waals surface area contributed by atoms with E-state index in [-0.39, 0.29) is 53.8 Å². The van der Waals surface area contributed by atoms with Crippen molar-refractivity contribution in [3.63, 3.8) is 0 Å². The summed E-state index contributed by atoms with van der Waals surface area (Å²) in [4.78, 5) is 8.20. The Balaban J connectivity index is 0.00000341. The first-order valence-corrected chi connectivity index (χ1v) is 8.59.